The molecule has 2 aromatic rings. The summed E-state index contributed by atoms with van der Waals surface area (Å²) in [7, 11) is 0. The Morgan fingerprint density at radius 1 is 1.61 bits per heavy atom. The van der Waals surface area contributed by atoms with Crippen LogP contribution in [0, 0.1) is 6.92 Å². The van der Waals surface area contributed by atoms with Crippen LogP contribution in [-0.2, 0) is 0 Å². The molecule has 0 spiro atoms. The molecule has 1 aliphatic heterocycles. The fourth-order valence-corrected chi connectivity index (χ4v) is 2.25. The largest absolute Gasteiger partial charge is 0.312 e. The van der Waals surface area contributed by atoms with Gasteiger partial charge in [0.2, 0.25) is 0 Å². The Morgan fingerprint density at radius 2 is 2.44 bits per heavy atom. The maximum atomic E-state index is 11.9. The summed E-state index contributed by atoms with van der Waals surface area (Å²) in [4.78, 5) is 17.0. The Kier molecular flexibility index (Phi) is 2.80. The maximum absolute atomic E-state index is 11.9. The van der Waals surface area contributed by atoms with E-state index in [2.05, 4.69) is 25.9 Å². The zero-order chi connectivity index (χ0) is 12.5. The molecular weight excluding hydrogens is 252 g/mol. The van der Waals surface area contributed by atoms with Gasteiger partial charge in [-0.15, -0.1) is 16.4 Å². The molecule has 2 N–H and O–H groups in total. The van der Waals surface area contributed by atoms with E-state index in [4.69, 9.17) is 0 Å². The van der Waals surface area contributed by atoms with Crippen LogP contribution in [-0.4, -0.2) is 39.0 Å². The standard InChI is InChI=1S/C10H12N6OS/c1-6-2-12-10(18-6)13-9(17)8-5-16(15-14-8)7-3-11-4-7/h2,5,7,11H,3-4H2,1H3,(H,12,13,17). The molecule has 1 aliphatic rings. The predicted molar refractivity (Wildman–Crippen MR) is 66.7 cm³/mol. The van der Waals surface area contributed by atoms with Crippen molar-refractivity contribution in [2.24, 2.45) is 0 Å². The zero-order valence-electron chi connectivity index (χ0n) is 9.75. The van der Waals surface area contributed by atoms with Gasteiger partial charge in [0.25, 0.3) is 5.91 Å². The minimum atomic E-state index is -0.275. The van der Waals surface area contributed by atoms with Crippen molar-refractivity contribution in [2.75, 3.05) is 18.4 Å². The number of carbonyl (C=O) groups excluding carboxylic acids is 1. The second-order valence-electron chi connectivity index (χ2n) is 4.13. The highest BCUT2D eigenvalue weighted by Gasteiger charge is 2.21. The van der Waals surface area contributed by atoms with Gasteiger partial charge in [-0.2, -0.15) is 0 Å². The van der Waals surface area contributed by atoms with E-state index >= 15 is 0 Å². The molecular formula is C10H12N6OS. The Hall–Kier alpha value is -1.80. The average Bonchev–Trinajstić information content (AvgIpc) is 2.86. The van der Waals surface area contributed by atoms with E-state index in [1.807, 2.05) is 6.92 Å². The third-order valence-electron chi connectivity index (χ3n) is 2.72. The van der Waals surface area contributed by atoms with Gasteiger partial charge in [0.05, 0.1) is 12.2 Å². The topological polar surface area (TPSA) is 84.7 Å². The molecule has 3 heterocycles. The van der Waals surface area contributed by atoms with Crippen molar-refractivity contribution in [2.45, 2.75) is 13.0 Å². The van der Waals surface area contributed by atoms with Crippen molar-refractivity contribution in [1.82, 2.24) is 25.3 Å². The first-order valence-electron chi connectivity index (χ1n) is 5.59. The van der Waals surface area contributed by atoms with Crippen molar-refractivity contribution in [3.63, 3.8) is 0 Å². The minimum absolute atomic E-state index is 0.275. The molecule has 18 heavy (non-hydrogen) atoms. The van der Waals surface area contributed by atoms with Gasteiger partial charge in [0, 0.05) is 24.2 Å². The third kappa shape index (κ3) is 2.12. The number of nitrogens with one attached hydrogen (secondary N) is 2. The van der Waals surface area contributed by atoms with Gasteiger partial charge in [-0.05, 0) is 6.92 Å². The molecule has 0 saturated carbocycles. The highest BCUT2D eigenvalue weighted by atomic mass is 32.1. The van der Waals surface area contributed by atoms with E-state index < -0.39 is 0 Å². The van der Waals surface area contributed by atoms with Gasteiger partial charge in [-0.25, -0.2) is 9.67 Å². The molecule has 0 radical (unpaired) electrons. The van der Waals surface area contributed by atoms with Crippen LogP contribution in [0.5, 0.6) is 0 Å². The van der Waals surface area contributed by atoms with Gasteiger partial charge in [-0.3, -0.25) is 10.1 Å². The Labute approximate surface area is 107 Å². The number of nitrogens with zero attached hydrogens (tertiary/aromatic N) is 4. The first-order chi connectivity index (χ1) is 8.72. The van der Waals surface area contributed by atoms with Gasteiger partial charge in [0.15, 0.2) is 10.8 Å². The van der Waals surface area contributed by atoms with E-state index in [-0.39, 0.29) is 5.91 Å². The summed E-state index contributed by atoms with van der Waals surface area (Å²) in [6.07, 6.45) is 3.39. The SMILES string of the molecule is Cc1cnc(NC(=O)c2cn(C3CNC3)nn2)s1. The smallest absolute Gasteiger partial charge is 0.279 e. The van der Waals surface area contributed by atoms with Crippen LogP contribution in [0.25, 0.3) is 0 Å². The summed E-state index contributed by atoms with van der Waals surface area (Å²) in [6.45, 7) is 3.68. The molecule has 0 bridgehead atoms. The summed E-state index contributed by atoms with van der Waals surface area (Å²) >= 11 is 1.43. The summed E-state index contributed by atoms with van der Waals surface area (Å²) < 4.78 is 1.72. The molecule has 94 valence electrons. The quantitative estimate of drug-likeness (QED) is 0.840. The van der Waals surface area contributed by atoms with Crippen molar-refractivity contribution >= 4 is 22.4 Å². The van der Waals surface area contributed by atoms with Crippen LogP contribution < -0.4 is 10.6 Å². The fraction of sp³-hybridized carbons (Fsp3) is 0.400. The molecule has 0 aliphatic carbocycles. The molecule has 1 fully saturated rings. The number of carbonyl (C=O) groups is 1. The van der Waals surface area contributed by atoms with E-state index in [1.165, 1.54) is 11.3 Å². The van der Waals surface area contributed by atoms with Crippen molar-refractivity contribution < 1.29 is 4.79 Å². The second kappa shape index (κ2) is 4.46. The summed E-state index contributed by atoms with van der Waals surface area (Å²) in [5, 5.41) is 14.3. The van der Waals surface area contributed by atoms with Crippen LogP contribution in [0.1, 0.15) is 21.4 Å². The van der Waals surface area contributed by atoms with E-state index in [0.29, 0.717) is 16.9 Å². The number of amides is 1. The lowest BCUT2D eigenvalue weighted by Gasteiger charge is -2.26. The highest BCUT2D eigenvalue weighted by Crippen LogP contribution is 2.17. The van der Waals surface area contributed by atoms with Crippen molar-refractivity contribution in [1.29, 1.82) is 0 Å². The van der Waals surface area contributed by atoms with Gasteiger partial charge in [0.1, 0.15) is 0 Å². The molecule has 1 saturated heterocycles. The van der Waals surface area contributed by atoms with E-state index in [1.54, 1.807) is 17.1 Å². The van der Waals surface area contributed by atoms with Crippen LogP contribution in [0.4, 0.5) is 5.13 Å². The first-order valence-corrected chi connectivity index (χ1v) is 6.40. The number of hydrogen-bond donors (Lipinski definition) is 2. The molecule has 0 unspecified atom stereocenters. The van der Waals surface area contributed by atoms with Crippen molar-refractivity contribution in [3.05, 3.63) is 23.0 Å². The lowest BCUT2D eigenvalue weighted by Crippen LogP contribution is -2.43. The van der Waals surface area contributed by atoms with Crippen molar-refractivity contribution in [3.8, 4) is 0 Å². The Morgan fingerprint density at radius 3 is 3.06 bits per heavy atom. The Bertz CT molecular complexity index is 572. The van der Waals surface area contributed by atoms with Gasteiger partial charge < -0.3 is 5.32 Å². The number of thiazole rings is 1. The molecule has 0 aromatic carbocycles. The van der Waals surface area contributed by atoms with Gasteiger partial charge >= 0.3 is 0 Å². The average molecular weight is 264 g/mol. The lowest BCUT2D eigenvalue weighted by molar-refractivity contribution is 0.102. The number of aryl methyl sites for hydroxylation is 1. The van der Waals surface area contributed by atoms with E-state index in [9.17, 15) is 4.79 Å². The summed E-state index contributed by atoms with van der Waals surface area (Å²) in [5.41, 5.74) is 0.315. The maximum Gasteiger partial charge on any atom is 0.279 e. The van der Waals surface area contributed by atoms with Crippen LogP contribution in [0.2, 0.25) is 0 Å². The highest BCUT2D eigenvalue weighted by molar-refractivity contribution is 7.15. The summed E-state index contributed by atoms with van der Waals surface area (Å²) in [6, 6.07) is 0.307. The normalized spacial score (nSPS) is 15.4. The zero-order valence-corrected chi connectivity index (χ0v) is 10.6. The molecule has 3 rings (SSSR count). The number of aromatic nitrogens is 4. The van der Waals surface area contributed by atoms with Crippen LogP contribution in [0.3, 0.4) is 0 Å². The fourth-order valence-electron chi connectivity index (χ4n) is 1.59. The minimum Gasteiger partial charge on any atom is -0.312 e. The second-order valence-corrected chi connectivity index (χ2v) is 5.36. The molecule has 1 amide bonds. The third-order valence-corrected chi connectivity index (χ3v) is 3.55. The van der Waals surface area contributed by atoms with Crippen LogP contribution >= 0.6 is 11.3 Å². The molecule has 0 atom stereocenters. The molecule has 2 aromatic heterocycles. The first kappa shape index (κ1) is 11.3. The number of rotatable bonds is 3. The van der Waals surface area contributed by atoms with Gasteiger partial charge in [-0.1, -0.05) is 5.21 Å². The molecule has 7 nitrogen and oxygen atoms in total. The van der Waals surface area contributed by atoms with Crippen LogP contribution in [0.15, 0.2) is 12.4 Å². The predicted octanol–water partition coefficient (Wildman–Crippen LogP) is 0.440. The number of anilines is 1. The monoisotopic (exact) mass is 264 g/mol. The number of hydrogen-bond acceptors (Lipinski definition) is 6. The van der Waals surface area contributed by atoms with E-state index in [0.717, 1.165) is 18.0 Å². The lowest BCUT2D eigenvalue weighted by atomic mass is 10.2. The summed E-state index contributed by atoms with van der Waals surface area (Å²) in [5.74, 6) is -0.275. The Balaban J connectivity index is 1.70. The molecule has 8 heteroatoms.